The van der Waals surface area contributed by atoms with E-state index in [1.807, 2.05) is 30.3 Å². The number of aromatic nitrogens is 1. The summed E-state index contributed by atoms with van der Waals surface area (Å²) in [7, 11) is 0. The standard InChI is InChI=1S/C34H23NO2/c1-34(2)27-12-5-3-10-23(27)24-15-14-21(17-28(24)34)20-8-7-9-22(16-20)33-35-29-19-31-26(18-32(29)37-33)25-11-4-6-13-30(25)36-31/h3-19H,1-2H3. The monoisotopic (exact) mass is 477 g/mol. The van der Waals surface area contributed by atoms with E-state index in [1.165, 1.54) is 27.8 Å². The van der Waals surface area contributed by atoms with E-state index in [4.69, 9.17) is 13.8 Å². The van der Waals surface area contributed by atoms with Gasteiger partial charge in [0.05, 0.1) is 0 Å². The Morgan fingerprint density at radius 3 is 2.27 bits per heavy atom. The molecule has 5 aromatic carbocycles. The molecule has 0 unspecified atom stereocenters. The lowest BCUT2D eigenvalue weighted by molar-refractivity contribution is 0.620. The van der Waals surface area contributed by atoms with Crippen LogP contribution in [0.3, 0.4) is 0 Å². The van der Waals surface area contributed by atoms with Crippen LogP contribution in [0.15, 0.2) is 112 Å². The molecule has 1 aliphatic rings. The van der Waals surface area contributed by atoms with Crippen LogP contribution in [0.2, 0.25) is 0 Å². The molecule has 7 aromatic rings. The number of hydrogen-bond donors (Lipinski definition) is 0. The van der Waals surface area contributed by atoms with Crippen LogP contribution in [0.4, 0.5) is 0 Å². The van der Waals surface area contributed by atoms with Gasteiger partial charge >= 0.3 is 0 Å². The summed E-state index contributed by atoms with van der Waals surface area (Å²) in [6.45, 7) is 4.63. The van der Waals surface area contributed by atoms with Crippen LogP contribution >= 0.6 is 0 Å². The van der Waals surface area contributed by atoms with E-state index in [2.05, 4.69) is 86.6 Å². The summed E-state index contributed by atoms with van der Waals surface area (Å²) in [5.41, 5.74) is 12.0. The molecule has 0 amide bonds. The van der Waals surface area contributed by atoms with E-state index < -0.39 is 0 Å². The highest BCUT2D eigenvalue weighted by atomic mass is 16.4. The first-order chi connectivity index (χ1) is 18.1. The summed E-state index contributed by atoms with van der Waals surface area (Å²) in [5, 5.41) is 2.13. The molecule has 0 aliphatic heterocycles. The highest BCUT2D eigenvalue weighted by molar-refractivity contribution is 6.08. The predicted octanol–water partition coefficient (Wildman–Crippen LogP) is 9.37. The van der Waals surface area contributed by atoms with Gasteiger partial charge in [-0.25, -0.2) is 4.98 Å². The number of nitrogens with zero attached hydrogens (tertiary/aromatic N) is 1. The maximum atomic E-state index is 6.27. The first kappa shape index (κ1) is 20.6. The van der Waals surface area contributed by atoms with E-state index in [1.54, 1.807) is 0 Å². The van der Waals surface area contributed by atoms with Crippen molar-refractivity contribution in [1.29, 1.82) is 0 Å². The Morgan fingerprint density at radius 1 is 0.541 bits per heavy atom. The third-order valence-electron chi connectivity index (χ3n) is 7.91. The molecule has 0 N–H and O–H groups in total. The molecular weight excluding hydrogens is 454 g/mol. The lowest BCUT2D eigenvalue weighted by Crippen LogP contribution is -2.14. The van der Waals surface area contributed by atoms with Crippen LogP contribution in [-0.2, 0) is 5.41 Å². The molecule has 0 spiro atoms. The maximum absolute atomic E-state index is 6.27. The number of benzene rings is 5. The third kappa shape index (κ3) is 2.91. The molecule has 0 bridgehead atoms. The number of furan rings is 1. The van der Waals surface area contributed by atoms with Crippen molar-refractivity contribution < 1.29 is 8.83 Å². The van der Waals surface area contributed by atoms with Crippen molar-refractivity contribution in [3.05, 3.63) is 114 Å². The van der Waals surface area contributed by atoms with Crippen LogP contribution in [0.1, 0.15) is 25.0 Å². The smallest absolute Gasteiger partial charge is 0.227 e. The van der Waals surface area contributed by atoms with Gasteiger partial charge in [-0.05, 0) is 63.7 Å². The SMILES string of the molecule is CC1(C)c2ccccc2-c2ccc(-c3cccc(-c4nc5cc6oc7ccccc7c6cc5o4)c3)cc21. The van der Waals surface area contributed by atoms with Crippen molar-refractivity contribution in [3.63, 3.8) is 0 Å². The maximum Gasteiger partial charge on any atom is 0.227 e. The molecular formula is C34H23NO2. The Bertz CT molecular complexity index is 2020. The van der Waals surface area contributed by atoms with Crippen molar-refractivity contribution >= 4 is 33.0 Å². The van der Waals surface area contributed by atoms with Gasteiger partial charge in [-0.3, -0.25) is 0 Å². The van der Waals surface area contributed by atoms with Crippen LogP contribution in [0, 0.1) is 0 Å². The minimum absolute atomic E-state index is 0.0269. The number of oxazole rings is 1. The zero-order chi connectivity index (χ0) is 24.7. The Hall–Kier alpha value is -4.63. The first-order valence-electron chi connectivity index (χ1n) is 12.6. The second kappa shape index (κ2) is 7.21. The Kier molecular flexibility index (Phi) is 4.00. The van der Waals surface area contributed by atoms with Crippen molar-refractivity contribution in [2.75, 3.05) is 0 Å². The van der Waals surface area contributed by atoms with E-state index >= 15 is 0 Å². The molecule has 0 atom stereocenters. The van der Waals surface area contributed by atoms with Gasteiger partial charge in [-0.1, -0.05) is 80.6 Å². The summed E-state index contributed by atoms with van der Waals surface area (Å²) in [6, 6.07) is 36.1. The van der Waals surface area contributed by atoms with Crippen LogP contribution in [-0.4, -0.2) is 4.98 Å². The highest BCUT2D eigenvalue weighted by Gasteiger charge is 2.35. The van der Waals surface area contributed by atoms with Crippen molar-refractivity contribution in [2.24, 2.45) is 0 Å². The summed E-state index contributed by atoms with van der Waals surface area (Å²) < 4.78 is 12.3. The highest BCUT2D eigenvalue weighted by Crippen LogP contribution is 2.49. The third-order valence-corrected chi connectivity index (χ3v) is 7.91. The Morgan fingerprint density at radius 2 is 1.32 bits per heavy atom. The molecule has 2 heterocycles. The van der Waals surface area contributed by atoms with Gasteiger partial charge in [0.25, 0.3) is 0 Å². The summed E-state index contributed by atoms with van der Waals surface area (Å²) in [5.74, 6) is 0.614. The van der Waals surface area contributed by atoms with E-state index in [9.17, 15) is 0 Å². The molecule has 0 radical (unpaired) electrons. The number of para-hydroxylation sites is 1. The van der Waals surface area contributed by atoms with Gasteiger partial charge in [0.15, 0.2) is 5.58 Å². The molecule has 0 saturated carbocycles. The average molecular weight is 478 g/mol. The quantitative estimate of drug-likeness (QED) is 0.249. The lowest BCUT2D eigenvalue weighted by atomic mass is 9.81. The number of fused-ring (bicyclic) bond motifs is 7. The molecule has 1 aliphatic carbocycles. The summed E-state index contributed by atoms with van der Waals surface area (Å²) in [4.78, 5) is 4.82. The molecule has 0 fully saturated rings. The van der Waals surface area contributed by atoms with Gasteiger partial charge in [-0.2, -0.15) is 0 Å². The predicted molar refractivity (Wildman–Crippen MR) is 150 cm³/mol. The van der Waals surface area contributed by atoms with Crippen LogP contribution in [0.25, 0.3) is 66.7 Å². The topological polar surface area (TPSA) is 39.2 Å². The van der Waals surface area contributed by atoms with Crippen molar-refractivity contribution in [2.45, 2.75) is 19.3 Å². The summed E-state index contributed by atoms with van der Waals surface area (Å²) >= 11 is 0. The summed E-state index contributed by atoms with van der Waals surface area (Å²) in [6.07, 6.45) is 0. The molecule has 8 rings (SSSR count). The van der Waals surface area contributed by atoms with Gasteiger partial charge in [-0.15, -0.1) is 0 Å². The molecule has 2 aromatic heterocycles. The zero-order valence-electron chi connectivity index (χ0n) is 20.6. The minimum Gasteiger partial charge on any atom is -0.456 e. The molecule has 3 nitrogen and oxygen atoms in total. The lowest BCUT2D eigenvalue weighted by Gasteiger charge is -2.22. The van der Waals surface area contributed by atoms with E-state index in [-0.39, 0.29) is 5.41 Å². The fourth-order valence-corrected chi connectivity index (χ4v) is 5.99. The number of rotatable bonds is 2. The molecule has 3 heteroatoms. The van der Waals surface area contributed by atoms with E-state index in [0.717, 1.165) is 44.2 Å². The fourth-order valence-electron chi connectivity index (χ4n) is 5.99. The van der Waals surface area contributed by atoms with Gasteiger partial charge < -0.3 is 8.83 Å². The first-order valence-corrected chi connectivity index (χ1v) is 12.6. The van der Waals surface area contributed by atoms with Crippen molar-refractivity contribution in [1.82, 2.24) is 4.98 Å². The van der Waals surface area contributed by atoms with Crippen LogP contribution < -0.4 is 0 Å². The Balaban J connectivity index is 1.22. The molecule has 176 valence electrons. The number of hydrogen-bond acceptors (Lipinski definition) is 3. The fraction of sp³-hybridized carbons (Fsp3) is 0.0882. The van der Waals surface area contributed by atoms with Crippen molar-refractivity contribution in [3.8, 4) is 33.7 Å². The zero-order valence-corrected chi connectivity index (χ0v) is 20.6. The molecule has 37 heavy (non-hydrogen) atoms. The minimum atomic E-state index is -0.0269. The largest absolute Gasteiger partial charge is 0.456 e. The normalized spacial score (nSPS) is 13.9. The molecule has 0 saturated heterocycles. The van der Waals surface area contributed by atoms with E-state index in [0.29, 0.717) is 5.89 Å². The van der Waals surface area contributed by atoms with Crippen LogP contribution in [0.5, 0.6) is 0 Å². The average Bonchev–Trinajstić information content (AvgIpc) is 3.58. The van der Waals surface area contributed by atoms with Gasteiger partial charge in [0.1, 0.15) is 16.7 Å². The van der Waals surface area contributed by atoms with Gasteiger partial charge in [0.2, 0.25) is 5.89 Å². The second-order valence-corrected chi connectivity index (χ2v) is 10.4. The second-order valence-electron chi connectivity index (χ2n) is 10.4. The van der Waals surface area contributed by atoms with Gasteiger partial charge in [0, 0.05) is 27.8 Å². The Labute approximate surface area is 214 Å².